The van der Waals surface area contributed by atoms with Gasteiger partial charge in [-0.2, -0.15) is 10.1 Å². The van der Waals surface area contributed by atoms with Gasteiger partial charge in [-0.1, -0.05) is 37.3 Å². The second-order valence-corrected chi connectivity index (χ2v) is 7.00. The Kier molecular flexibility index (Phi) is 3.69. The third kappa shape index (κ3) is 2.43. The molecule has 24 heavy (non-hydrogen) atoms. The van der Waals surface area contributed by atoms with Gasteiger partial charge in [0, 0.05) is 29.7 Å². The van der Waals surface area contributed by atoms with Crippen molar-refractivity contribution in [3.63, 3.8) is 0 Å². The molecule has 0 radical (unpaired) electrons. The first kappa shape index (κ1) is 15.1. The predicted molar refractivity (Wildman–Crippen MR) is 96.9 cm³/mol. The summed E-state index contributed by atoms with van der Waals surface area (Å²) < 4.78 is 3.86. The largest absolute Gasteiger partial charge is 0.285 e. The zero-order chi connectivity index (χ0) is 16.7. The maximum Gasteiger partial charge on any atom is 0.285 e. The average molecular weight is 338 g/mol. The summed E-state index contributed by atoms with van der Waals surface area (Å²) in [7, 11) is 0. The Morgan fingerprint density at radius 3 is 2.75 bits per heavy atom. The summed E-state index contributed by atoms with van der Waals surface area (Å²) >= 11 is 1.57. The van der Waals surface area contributed by atoms with Crippen LogP contribution in [-0.4, -0.2) is 19.2 Å². The van der Waals surface area contributed by atoms with Crippen LogP contribution in [0.4, 0.5) is 0 Å². The second kappa shape index (κ2) is 5.87. The van der Waals surface area contributed by atoms with E-state index in [1.807, 2.05) is 33.5 Å². The average Bonchev–Trinajstić information content (AvgIpc) is 3.11. The fourth-order valence-electron chi connectivity index (χ4n) is 2.98. The molecule has 0 aliphatic heterocycles. The molecule has 3 aromatic heterocycles. The van der Waals surface area contributed by atoms with Crippen LogP contribution in [0.3, 0.4) is 0 Å². The summed E-state index contributed by atoms with van der Waals surface area (Å²) in [5, 5.41) is 5.21. The van der Waals surface area contributed by atoms with E-state index in [1.54, 1.807) is 11.3 Å². The highest BCUT2D eigenvalue weighted by Crippen LogP contribution is 2.26. The summed E-state index contributed by atoms with van der Waals surface area (Å²) in [4.78, 5) is 18.5. The van der Waals surface area contributed by atoms with Crippen LogP contribution in [0.15, 0.2) is 41.3 Å². The van der Waals surface area contributed by atoms with E-state index in [0.717, 1.165) is 30.0 Å². The normalized spacial score (nSPS) is 11.6. The van der Waals surface area contributed by atoms with Gasteiger partial charge in [-0.05, 0) is 18.9 Å². The first-order valence-corrected chi connectivity index (χ1v) is 8.91. The summed E-state index contributed by atoms with van der Waals surface area (Å²) in [5.74, 6) is 0. The van der Waals surface area contributed by atoms with Crippen molar-refractivity contribution in [2.45, 2.75) is 33.2 Å². The van der Waals surface area contributed by atoms with Gasteiger partial charge in [-0.25, -0.2) is 0 Å². The first-order chi connectivity index (χ1) is 11.7. The molecule has 0 fully saturated rings. The summed E-state index contributed by atoms with van der Waals surface area (Å²) in [6, 6.07) is 10.3. The number of thiazole rings is 1. The maximum absolute atomic E-state index is 12.3. The first-order valence-electron chi connectivity index (χ1n) is 8.09. The Balaban J connectivity index is 1.91. The summed E-state index contributed by atoms with van der Waals surface area (Å²) in [5.41, 5.74) is 2.88. The van der Waals surface area contributed by atoms with E-state index in [4.69, 9.17) is 0 Å². The standard InChI is InChI=1S/C18H18N4OS/c1-3-9-21-11-14-16(20-21)22-12(2)15(24-18(22)19-17(14)23)10-13-7-5-4-6-8-13/h4-8,11H,3,9-10H2,1-2H3. The number of benzene rings is 1. The van der Waals surface area contributed by atoms with Gasteiger partial charge in [-0.15, -0.1) is 11.3 Å². The molecule has 3 heterocycles. The summed E-state index contributed by atoms with van der Waals surface area (Å²) in [6.45, 7) is 4.97. The number of hydrogen-bond acceptors (Lipinski definition) is 4. The van der Waals surface area contributed by atoms with Crippen molar-refractivity contribution in [2.75, 3.05) is 0 Å². The number of aromatic nitrogens is 4. The number of hydrogen-bond donors (Lipinski definition) is 0. The molecule has 0 N–H and O–H groups in total. The Hall–Kier alpha value is -2.47. The minimum atomic E-state index is -0.195. The minimum absolute atomic E-state index is 0.195. The lowest BCUT2D eigenvalue weighted by Crippen LogP contribution is -2.08. The van der Waals surface area contributed by atoms with E-state index in [2.05, 4.69) is 36.1 Å². The van der Waals surface area contributed by atoms with Crippen molar-refractivity contribution < 1.29 is 0 Å². The SMILES string of the molecule is CCCn1cc2c(=O)nc3sc(Cc4ccccc4)c(C)n3c2n1. The Morgan fingerprint density at radius 2 is 2.00 bits per heavy atom. The summed E-state index contributed by atoms with van der Waals surface area (Å²) in [6.07, 6.45) is 3.63. The van der Waals surface area contributed by atoms with Crippen molar-refractivity contribution in [1.82, 2.24) is 19.2 Å². The highest BCUT2D eigenvalue weighted by atomic mass is 32.1. The van der Waals surface area contributed by atoms with Crippen LogP contribution in [0, 0.1) is 6.92 Å². The van der Waals surface area contributed by atoms with Gasteiger partial charge in [0.2, 0.25) is 0 Å². The minimum Gasteiger partial charge on any atom is -0.271 e. The molecule has 0 atom stereocenters. The van der Waals surface area contributed by atoms with Gasteiger partial charge in [0.05, 0.1) is 0 Å². The number of fused-ring (bicyclic) bond motifs is 3. The van der Waals surface area contributed by atoms with Gasteiger partial charge in [0.25, 0.3) is 5.56 Å². The molecule has 0 unspecified atom stereocenters. The topological polar surface area (TPSA) is 52.2 Å². The molecule has 122 valence electrons. The molecule has 5 nitrogen and oxygen atoms in total. The molecule has 4 aromatic rings. The lowest BCUT2D eigenvalue weighted by atomic mass is 10.1. The lowest BCUT2D eigenvalue weighted by molar-refractivity contribution is 0.606. The van der Waals surface area contributed by atoms with Crippen molar-refractivity contribution in [3.05, 3.63) is 63.0 Å². The predicted octanol–water partition coefficient (Wildman–Crippen LogP) is 3.41. The van der Waals surface area contributed by atoms with Crippen molar-refractivity contribution in [1.29, 1.82) is 0 Å². The molecule has 0 spiro atoms. The molecular weight excluding hydrogens is 320 g/mol. The maximum atomic E-state index is 12.3. The molecule has 0 aliphatic carbocycles. The number of rotatable bonds is 4. The van der Waals surface area contributed by atoms with Crippen molar-refractivity contribution >= 4 is 27.3 Å². The van der Waals surface area contributed by atoms with E-state index in [9.17, 15) is 4.79 Å². The Labute approximate surface area is 143 Å². The van der Waals surface area contributed by atoms with E-state index in [1.165, 1.54) is 10.4 Å². The third-order valence-electron chi connectivity index (χ3n) is 4.19. The Bertz CT molecular complexity index is 1080. The fourth-order valence-corrected chi connectivity index (χ4v) is 4.12. The van der Waals surface area contributed by atoms with E-state index in [-0.39, 0.29) is 5.56 Å². The van der Waals surface area contributed by atoms with Crippen LogP contribution in [0.2, 0.25) is 0 Å². The van der Waals surface area contributed by atoms with Gasteiger partial charge in [-0.3, -0.25) is 13.9 Å². The monoisotopic (exact) mass is 338 g/mol. The lowest BCUT2D eigenvalue weighted by Gasteiger charge is -2.01. The molecule has 4 rings (SSSR count). The molecule has 0 saturated heterocycles. The molecule has 0 saturated carbocycles. The fraction of sp³-hybridized carbons (Fsp3) is 0.278. The van der Waals surface area contributed by atoms with E-state index in [0.29, 0.717) is 11.0 Å². The molecule has 6 heteroatoms. The van der Waals surface area contributed by atoms with E-state index < -0.39 is 0 Å². The van der Waals surface area contributed by atoms with Crippen LogP contribution in [0.1, 0.15) is 29.5 Å². The molecule has 0 bridgehead atoms. The molecule has 0 aliphatic rings. The van der Waals surface area contributed by atoms with Gasteiger partial charge < -0.3 is 0 Å². The number of aryl methyl sites for hydroxylation is 2. The Morgan fingerprint density at radius 1 is 1.21 bits per heavy atom. The zero-order valence-corrected chi connectivity index (χ0v) is 14.5. The van der Waals surface area contributed by atoms with E-state index >= 15 is 0 Å². The van der Waals surface area contributed by atoms with Crippen molar-refractivity contribution in [3.8, 4) is 0 Å². The second-order valence-electron chi connectivity index (χ2n) is 5.94. The highest BCUT2D eigenvalue weighted by molar-refractivity contribution is 7.17. The van der Waals surface area contributed by atoms with Crippen LogP contribution < -0.4 is 5.56 Å². The smallest absolute Gasteiger partial charge is 0.271 e. The van der Waals surface area contributed by atoms with Crippen LogP contribution >= 0.6 is 11.3 Å². The van der Waals surface area contributed by atoms with Crippen LogP contribution in [-0.2, 0) is 13.0 Å². The zero-order valence-electron chi connectivity index (χ0n) is 13.7. The molecule has 0 amide bonds. The molecule has 1 aromatic carbocycles. The number of nitrogens with zero attached hydrogens (tertiary/aromatic N) is 4. The highest BCUT2D eigenvalue weighted by Gasteiger charge is 2.16. The van der Waals surface area contributed by atoms with Crippen molar-refractivity contribution in [2.24, 2.45) is 0 Å². The van der Waals surface area contributed by atoms with Gasteiger partial charge >= 0.3 is 0 Å². The third-order valence-corrected chi connectivity index (χ3v) is 5.33. The quantitative estimate of drug-likeness (QED) is 0.573. The van der Waals surface area contributed by atoms with Crippen LogP contribution in [0.5, 0.6) is 0 Å². The molecular formula is C18H18N4OS. The van der Waals surface area contributed by atoms with Gasteiger partial charge in [0.1, 0.15) is 5.39 Å². The van der Waals surface area contributed by atoms with Gasteiger partial charge in [0.15, 0.2) is 10.6 Å². The van der Waals surface area contributed by atoms with Crippen LogP contribution in [0.25, 0.3) is 16.0 Å².